The van der Waals surface area contributed by atoms with Crippen LogP contribution in [-0.2, 0) is 6.18 Å². The first-order valence-corrected chi connectivity index (χ1v) is 4.26. The molecule has 1 aromatic rings. The summed E-state index contributed by atoms with van der Waals surface area (Å²) in [5.74, 6) is -1.28. The van der Waals surface area contributed by atoms with Crippen molar-refractivity contribution < 1.29 is 22.3 Å². The molecule has 0 N–H and O–H groups in total. The molecule has 0 saturated heterocycles. The van der Waals surface area contributed by atoms with Gasteiger partial charge in [-0.3, -0.25) is 0 Å². The minimum Gasteiger partial charge on any atom is -0.492 e. The summed E-state index contributed by atoms with van der Waals surface area (Å²) in [4.78, 5) is 0. The van der Waals surface area contributed by atoms with E-state index < -0.39 is 27.8 Å². The van der Waals surface area contributed by atoms with Crippen LogP contribution in [0, 0.1) is 5.82 Å². The summed E-state index contributed by atoms with van der Waals surface area (Å²) in [6, 6.07) is 1.37. The van der Waals surface area contributed by atoms with E-state index in [-0.39, 0.29) is 0 Å². The lowest BCUT2D eigenvalue weighted by Gasteiger charge is -2.12. The molecule has 1 aromatic carbocycles. The lowest BCUT2D eigenvalue weighted by molar-refractivity contribution is -0.138. The summed E-state index contributed by atoms with van der Waals surface area (Å²) < 4.78 is 53.8. The Morgan fingerprint density at radius 2 is 1.86 bits per heavy atom. The fraction of sp³-hybridized carbons (Fsp3) is 0.250. The van der Waals surface area contributed by atoms with Crippen molar-refractivity contribution in [3.63, 3.8) is 0 Å². The lowest BCUT2D eigenvalue weighted by atomic mass is 10.2. The highest BCUT2D eigenvalue weighted by atomic mass is 79.9. The Labute approximate surface area is 85.8 Å². The van der Waals surface area contributed by atoms with Gasteiger partial charge in [-0.1, -0.05) is 0 Å². The van der Waals surface area contributed by atoms with Gasteiger partial charge in [-0.25, -0.2) is 4.39 Å². The van der Waals surface area contributed by atoms with Gasteiger partial charge in [0.05, 0.1) is 17.1 Å². The van der Waals surface area contributed by atoms with Crippen molar-refractivity contribution in [2.75, 3.05) is 7.11 Å². The minimum atomic E-state index is -4.53. The van der Waals surface area contributed by atoms with Crippen LogP contribution in [0.15, 0.2) is 16.6 Å². The zero-order valence-electron chi connectivity index (χ0n) is 6.95. The number of alkyl halides is 3. The van der Waals surface area contributed by atoms with Crippen LogP contribution in [0.3, 0.4) is 0 Å². The van der Waals surface area contributed by atoms with Crippen LogP contribution in [0.2, 0.25) is 0 Å². The molecule has 0 radical (unpaired) electrons. The maximum atomic E-state index is 12.9. The van der Waals surface area contributed by atoms with Crippen LogP contribution in [0.1, 0.15) is 5.56 Å². The molecule has 0 fully saturated rings. The molecule has 1 nitrogen and oxygen atoms in total. The normalized spacial score (nSPS) is 11.6. The second-order valence-corrected chi connectivity index (χ2v) is 3.23. The van der Waals surface area contributed by atoms with Gasteiger partial charge in [0, 0.05) is 0 Å². The minimum absolute atomic E-state index is 0.424. The smallest absolute Gasteiger partial charge is 0.417 e. The van der Waals surface area contributed by atoms with Crippen LogP contribution < -0.4 is 4.74 Å². The topological polar surface area (TPSA) is 9.23 Å². The molecular formula is C8H5BrF4O. The standard InChI is InChI=1S/C8H5BrF4O/c1-14-7-5(10)3-2-4(6(7)9)8(11,12)13/h2-3H,1H3. The number of benzene rings is 1. The molecule has 0 unspecified atom stereocenters. The third kappa shape index (κ3) is 2.00. The number of hydrogen-bond donors (Lipinski definition) is 0. The molecule has 1 rings (SSSR count). The Balaban J connectivity index is 3.36. The average molecular weight is 273 g/mol. The van der Waals surface area contributed by atoms with Gasteiger partial charge in [0.25, 0.3) is 0 Å². The molecule has 0 spiro atoms. The van der Waals surface area contributed by atoms with Crippen LogP contribution in [-0.4, -0.2) is 7.11 Å². The van der Waals surface area contributed by atoms with Crippen molar-refractivity contribution in [1.29, 1.82) is 0 Å². The third-order valence-electron chi connectivity index (χ3n) is 1.56. The van der Waals surface area contributed by atoms with Gasteiger partial charge in [0.15, 0.2) is 11.6 Å². The predicted octanol–water partition coefficient (Wildman–Crippen LogP) is 3.62. The third-order valence-corrected chi connectivity index (χ3v) is 2.35. The SMILES string of the molecule is COc1c(F)ccc(C(F)(F)F)c1Br. The van der Waals surface area contributed by atoms with E-state index >= 15 is 0 Å². The van der Waals surface area contributed by atoms with E-state index in [0.29, 0.717) is 12.1 Å². The Bertz CT molecular complexity index is 348. The van der Waals surface area contributed by atoms with E-state index in [1.165, 1.54) is 0 Å². The number of halogens is 5. The maximum absolute atomic E-state index is 12.9. The summed E-state index contributed by atoms with van der Waals surface area (Å²) in [5.41, 5.74) is -0.962. The predicted molar refractivity (Wildman–Crippen MR) is 45.7 cm³/mol. The first kappa shape index (κ1) is 11.3. The highest BCUT2D eigenvalue weighted by Gasteiger charge is 2.34. The maximum Gasteiger partial charge on any atom is 0.417 e. The Morgan fingerprint density at radius 1 is 1.29 bits per heavy atom. The molecule has 0 aliphatic heterocycles. The molecule has 0 atom stereocenters. The number of hydrogen-bond acceptors (Lipinski definition) is 1. The van der Waals surface area contributed by atoms with Crippen molar-refractivity contribution in [2.45, 2.75) is 6.18 Å². The van der Waals surface area contributed by atoms with Gasteiger partial charge in [0.2, 0.25) is 0 Å². The quantitative estimate of drug-likeness (QED) is 0.710. The summed E-state index contributed by atoms with van der Waals surface area (Å²) in [6.45, 7) is 0. The molecule has 0 amide bonds. The Morgan fingerprint density at radius 3 is 2.29 bits per heavy atom. The number of rotatable bonds is 1. The average Bonchev–Trinajstić information content (AvgIpc) is 2.02. The molecule has 78 valence electrons. The molecule has 0 aromatic heterocycles. The van der Waals surface area contributed by atoms with E-state index in [1.807, 2.05) is 0 Å². The van der Waals surface area contributed by atoms with Gasteiger partial charge < -0.3 is 4.74 Å². The van der Waals surface area contributed by atoms with E-state index in [2.05, 4.69) is 20.7 Å². The van der Waals surface area contributed by atoms with Crippen molar-refractivity contribution in [3.05, 3.63) is 28.0 Å². The van der Waals surface area contributed by atoms with E-state index in [0.717, 1.165) is 7.11 Å². The summed E-state index contributed by atoms with van der Waals surface area (Å²) in [6.07, 6.45) is -4.53. The molecule has 14 heavy (non-hydrogen) atoms. The zero-order valence-corrected chi connectivity index (χ0v) is 8.54. The van der Waals surface area contributed by atoms with Crippen LogP contribution in [0.4, 0.5) is 17.6 Å². The molecule has 0 heterocycles. The fourth-order valence-electron chi connectivity index (χ4n) is 0.939. The van der Waals surface area contributed by atoms with E-state index in [1.54, 1.807) is 0 Å². The van der Waals surface area contributed by atoms with Crippen LogP contribution in [0.25, 0.3) is 0 Å². The molecule has 0 aliphatic carbocycles. The number of methoxy groups -OCH3 is 1. The highest BCUT2D eigenvalue weighted by molar-refractivity contribution is 9.10. The van der Waals surface area contributed by atoms with Gasteiger partial charge in [0.1, 0.15) is 0 Å². The largest absolute Gasteiger partial charge is 0.492 e. The molecular weight excluding hydrogens is 268 g/mol. The van der Waals surface area contributed by atoms with Crippen LogP contribution >= 0.6 is 15.9 Å². The van der Waals surface area contributed by atoms with Crippen molar-refractivity contribution in [3.8, 4) is 5.75 Å². The van der Waals surface area contributed by atoms with Crippen molar-refractivity contribution in [2.24, 2.45) is 0 Å². The van der Waals surface area contributed by atoms with Crippen molar-refractivity contribution >= 4 is 15.9 Å². The lowest BCUT2D eigenvalue weighted by Crippen LogP contribution is -2.07. The molecule has 6 heteroatoms. The van der Waals surface area contributed by atoms with Gasteiger partial charge in [-0.15, -0.1) is 0 Å². The van der Waals surface area contributed by atoms with Gasteiger partial charge in [-0.2, -0.15) is 13.2 Å². The molecule has 0 aliphatic rings. The molecule has 0 bridgehead atoms. The number of ether oxygens (including phenoxy) is 1. The Hall–Kier alpha value is -0.780. The highest BCUT2D eigenvalue weighted by Crippen LogP contribution is 2.40. The second-order valence-electron chi connectivity index (χ2n) is 2.44. The first-order valence-electron chi connectivity index (χ1n) is 3.47. The second kappa shape index (κ2) is 3.76. The van der Waals surface area contributed by atoms with Gasteiger partial charge in [-0.05, 0) is 28.1 Å². The zero-order chi connectivity index (χ0) is 10.9. The molecule has 0 saturated carbocycles. The van der Waals surface area contributed by atoms with Gasteiger partial charge >= 0.3 is 6.18 Å². The Kier molecular flexibility index (Phi) is 3.04. The van der Waals surface area contributed by atoms with E-state index in [4.69, 9.17) is 0 Å². The van der Waals surface area contributed by atoms with Crippen LogP contribution in [0.5, 0.6) is 5.75 Å². The summed E-state index contributed by atoms with van der Waals surface area (Å²) in [7, 11) is 1.10. The van der Waals surface area contributed by atoms with Crippen molar-refractivity contribution in [1.82, 2.24) is 0 Å². The van der Waals surface area contributed by atoms with E-state index in [9.17, 15) is 17.6 Å². The fourth-order valence-corrected chi connectivity index (χ4v) is 1.65. The summed E-state index contributed by atoms with van der Waals surface area (Å²) >= 11 is 2.64. The monoisotopic (exact) mass is 272 g/mol. The summed E-state index contributed by atoms with van der Waals surface area (Å²) in [5, 5.41) is 0. The first-order chi connectivity index (χ1) is 6.38.